The van der Waals surface area contributed by atoms with Gasteiger partial charge in [0.05, 0.1) is 0 Å². The zero-order valence-corrected chi connectivity index (χ0v) is 16.7. The molecule has 3 N–H and O–H groups in total. The highest BCUT2D eigenvalue weighted by Gasteiger charge is 2.15. The van der Waals surface area contributed by atoms with Gasteiger partial charge < -0.3 is 15.4 Å². The quantitative estimate of drug-likeness (QED) is 0.240. The molecule has 1 fully saturated rings. The number of nitrogens with zero attached hydrogens (tertiary/aromatic N) is 2. The Bertz CT molecular complexity index is 606. The van der Waals surface area contributed by atoms with Crippen LogP contribution in [0.4, 0.5) is 0 Å². The van der Waals surface area contributed by atoms with E-state index in [2.05, 4.69) is 25.3 Å². The molecule has 0 radical (unpaired) electrons. The molecule has 8 nitrogen and oxygen atoms in total. The fraction of sp³-hybridized carbons (Fsp3) is 0.571. The summed E-state index contributed by atoms with van der Waals surface area (Å²) < 4.78 is 31.9. The first-order valence-corrected chi connectivity index (χ1v) is 9.05. The smallest absolute Gasteiger partial charge is 0.242 e. The number of rotatable bonds is 6. The zero-order chi connectivity index (χ0) is 16.5. The van der Waals surface area contributed by atoms with Gasteiger partial charge in [-0.1, -0.05) is 0 Å². The Morgan fingerprint density at radius 1 is 1.38 bits per heavy atom. The Morgan fingerprint density at radius 3 is 2.75 bits per heavy atom. The SMILES string of the molecule is CN=C(NCCNS(=O)(=O)c1cccnc1)NC1CCOCC1.I. The number of aliphatic imine (C=N–C) groups is 1. The molecule has 1 aromatic heterocycles. The van der Waals surface area contributed by atoms with E-state index in [1.165, 1.54) is 18.5 Å². The molecule has 1 aliphatic rings. The number of hydrogen-bond donors (Lipinski definition) is 3. The molecule has 0 spiro atoms. The van der Waals surface area contributed by atoms with E-state index in [-0.39, 0.29) is 35.4 Å². The minimum absolute atomic E-state index is 0. The van der Waals surface area contributed by atoms with E-state index in [0.717, 1.165) is 26.1 Å². The van der Waals surface area contributed by atoms with Crippen molar-refractivity contribution in [2.24, 2.45) is 4.99 Å². The van der Waals surface area contributed by atoms with Crippen molar-refractivity contribution in [2.75, 3.05) is 33.4 Å². The molecular formula is C14H24IN5O3S. The molecule has 1 aliphatic heterocycles. The molecule has 0 bridgehead atoms. The largest absolute Gasteiger partial charge is 0.381 e. The molecular weight excluding hydrogens is 445 g/mol. The van der Waals surface area contributed by atoms with E-state index in [4.69, 9.17) is 4.74 Å². The van der Waals surface area contributed by atoms with Gasteiger partial charge in [-0.25, -0.2) is 13.1 Å². The number of sulfonamides is 1. The van der Waals surface area contributed by atoms with Gasteiger partial charge in [-0.05, 0) is 25.0 Å². The van der Waals surface area contributed by atoms with Crippen LogP contribution in [0.3, 0.4) is 0 Å². The van der Waals surface area contributed by atoms with Crippen LogP contribution in [0, 0.1) is 0 Å². The number of aromatic nitrogens is 1. The molecule has 24 heavy (non-hydrogen) atoms. The predicted molar refractivity (Wildman–Crippen MR) is 103 cm³/mol. The molecule has 2 heterocycles. The standard InChI is InChI=1S/C14H23N5O3S.HI/c1-15-14(19-12-4-9-22-10-5-12)17-7-8-18-23(20,21)13-3-2-6-16-11-13;/h2-3,6,11-12,18H,4-5,7-10H2,1H3,(H2,15,17,19);1H. The number of pyridine rings is 1. The number of halogens is 1. The molecule has 0 saturated carbocycles. The third-order valence-corrected chi connectivity index (χ3v) is 4.89. The summed E-state index contributed by atoms with van der Waals surface area (Å²) in [6.45, 7) is 2.19. The van der Waals surface area contributed by atoms with Gasteiger partial charge in [0.25, 0.3) is 0 Å². The lowest BCUT2D eigenvalue weighted by atomic mass is 10.1. The summed E-state index contributed by atoms with van der Waals surface area (Å²) in [5.41, 5.74) is 0. The van der Waals surface area contributed by atoms with Crippen molar-refractivity contribution in [3.63, 3.8) is 0 Å². The van der Waals surface area contributed by atoms with E-state index in [1.807, 2.05) is 0 Å². The van der Waals surface area contributed by atoms with Crippen molar-refractivity contribution in [1.29, 1.82) is 0 Å². The first-order valence-electron chi connectivity index (χ1n) is 7.56. The van der Waals surface area contributed by atoms with Crippen LogP contribution in [0.2, 0.25) is 0 Å². The van der Waals surface area contributed by atoms with Crippen LogP contribution in [-0.4, -0.2) is 58.8 Å². The number of nitrogens with one attached hydrogen (secondary N) is 3. The molecule has 136 valence electrons. The van der Waals surface area contributed by atoms with E-state index >= 15 is 0 Å². The van der Waals surface area contributed by atoms with Crippen LogP contribution in [-0.2, 0) is 14.8 Å². The Kier molecular flexibility index (Phi) is 9.48. The summed E-state index contributed by atoms with van der Waals surface area (Å²) in [5.74, 6) is 0.664. The van der Waals surface area contributed by atoms with Crippen molar-refractivity contribution >= 4 is 40.0 Å². The lowest BCUT2D eigenvalue weighted by Crippen LogP contribution is -2.47. The van der Waals surface area contributed by atoms with Crippen LogP contribution in [0.5, 0.6) is 0 Å². The van der Waals surface area contributed by atoms with Crippen LogP contribution in [0.15, 0.2) is 34.4 Å². The Labute approximate surface area is 159 Å². The van der Waals surface area contributed by atoms with Crippen LogP contribution in [0.1, 0.15) is 12.8 Å². The van der Waals surface area contributed by atoms with Gasteiger partial charge in [0, 0.05) is 51.8 Å². The Hall–Kier alpha value is -0.980. The fourth-order valence-corrected chi connectivity index (χ4v) is 3.18. The van der Waals surface area contributed by atoms with Gasteiger partial charge in [0.15, 0.2) is 5.96 Å². The number of ether oxygens (including phenoxy) is 1. The summed E-state index contributed by atoms with van der Waals surface area (Å²) in [6.07, 6.45) is 4.73. The van der Waals surface area contributed by atoms with Crippen LogP contribution in [0.25, 0.3) is 0 Å². The topological polar surface area (TPSA) is 105 Å². The molecule has 10 heteroatoms. The second-order valence-corrected chi connectivity index (χ2v) is 6.88. The molecule has 1 saturated heterocycles. The first-order chi connectivity index (χ1) is 11.1. The Morgan fingerprint density at radius 2 is 2.12 bits per heavy atom. The minimum Gasteiger partial charge on any atom is -0.381 e. The monoisotopic (exact) mass is 469 g/mol. The van der Waals surface area contributed by atoms with E-state index in [1.54, 1.807) is 13.1 Å². The van der Waals surface area contributed by atoms with Crippen molar-refractivity contribution < 1.29 is 13.2 Å². The van der Waals surface area contributed by atoms with Crippen LogP contribution < -0.4 is 15.4 Å². The maximum absolute atomic E-state index is 12.0. The van der Waals surface area contributed by atoms with Crippen molar-refractivity contribution in [2.45, 2.75) is 23.8 Å². The van der Waals surface area contributed by atoms with Gasteiger partial charge in [-0.15, -0.1) is 24.0 Å². The summed E-state index contributed by atoms with van der Waals surface area (Å²) >= 11 is 0. The van der Waals surface area contributed by atoms with Gasteiger partial charge in [0.2, 0.25) is 10.0 Å². The van der Waals surface area contributed by atoms with Crippen molar-refractivity contribution in [3.8, 4) is 0 Å². The second-order valence-electron chi connectivity index (χ2n) is 5.12. The highest BCUT2D eigenvalue weighted by molar-refractivity contribution is 14.0. The normalized spacial score (nSPS) is 16.3. The summed E-state index contributed by atoms with van der Waals surface area (Å²) in [4.78, 5) is 8.11. The number of hydrogen-bond acceptors (Lipinski definition) is 5. The molecule has 0 atom stereocenters. The highest BCUT2D eigenvalue weighted by atomic mass is 127. The summed E-state index contributed by atoms with van der Waals surface area (Å²) in [6, 6.07) is 3.43. The summed E-state index contributed by atoms with van der Waals surface area (Å²) in [7, 11) is -1.83. The van der Waals surface area contributed by atoms with E-state index < -0.39 is 10.0 Å². The molecule has 0 unspecified atom stereocenters. The lowest BCUT2D eigenvalue weighted by molar-refractivity contribution is 0.0822. The number of guanidine groups is 1. The van der Waals surface area contributed by atoms with E-state index in [0.29, 0.717) is 18.5 Å². The molecule has 2 rings (SSSR count). The highest BCUT2D eigenvalue weighted by Crippen LogP contribution is 2.06. The third kappa shape index (κ3) is 6.87. The molecule has 0 aliphatic carbocycles. The minimum atomic E-state index is -3.52. The lowest BCUT2D eigenvalue weighted by Gasteiger charge is -2.25. The van der Waals surface area contributed by atoms with Gasteiger partial charge >= 0.3 is 0 Å². The second kappa shape index (κ2) is 10.8. The van der Waals surface area contributed by atoms with Gasteiger partial charge in [-0.2, -0.15) is 0 Å². The average Bonchev–Trinajstić information content (AvgIpc) is 2.59. The molecule has 0 amide bonds. The average molecular weight is 469 g/mol. The van der Waals surface area contributed by atoms with Crippen LogP contribution >= 0.6 is 24.0 Å². The first kappa shape index (κ1) is 21.1. The van der Waals surface area contributed by atoms with Gasteiger partial charge in [-0.3, -0.25) is 9.98 Å². The van der Waals surface area contributed by atoms with Gasteiger partial charge in [0.1, 0.15) is 4.90 Å². The maximum atomic E-state index is 12.0. The molecule has 1 aromatic rings. The zero-order valence-electron chi connectivity index (χ0n) is 13.6. The summed E-state index contributed by atoms with van der Waals surface area (Å²) in [5, 5.41) is 6.40. The van der Waals surface area contributed by atoms with E-state index in [9.17, 15) is 8.42 Å². The Balaban J connectivity index is 0.00000288. The predicted octanol–water partition coefficient (Wildman–Crippen LogP) is 0.322. The molecule has 0 aromatic carbocycles. The fourth-order valence-electron chi connectivity index (χ4n) is 2.19. The maximum Gasteiger partial charge on any atom is 0.242 e. The third-order valence-electron chi connectivity index (χ3n) is 3.44. The van der Waals surface area contributed by atoms with Crippen molar-refractivity contribution in [1.82, 2.24) is 20.3 Å². The van der Waals surface area contributed by atoms with Crippen molar-refractivity contribution in [3.05, 3.63) is 24.5 Å².